The molecule has 4 heteroatoms. The van der Waals surface area contributed by atoms with Crippen molar-refractivity contribution >= 4 is 22.6 Å². The number of hydrogen-bond donors (Lipinski definition) is 1. The van der Waals surface area contributed by atoms with Gasteiger partial charge in [-0.25, -0.2) is 0 Å². The molecule has 74 valence electrons. The Bertz CT molecular complexity index is 450. The molecule has 0 spiro atoms. The van der Waals surface area contributed by atoms with Crippen molar-refractivity contribution in [3.8, 4) is 0 Å². The minimum Gasteiger partial charge on any atom is -0.355 e. The lowest BCUT2D eigenvalue weighted by atomic mass is 10.1. The third-order valence-electron chi connectivity index (χ3n) is 2.05. The van der Waals surface area contributed by atoms with Gasteiger partial charge in [0.2, 0.25) is 0 Å². The lowest BCUT2D eigenvalue weighted by Crippen LogP contribution is -2.17. The molecular weight excluding hydrogens is 200 g/mol. The molecule has 14 heavy (non-hydrogen) atoms. The number of hydrogen-bond acceptors (Lipinski definition) is 3. The summed E-state index contributed by atoms with van der Waals surface area (Å²) in [5, 5.41) is 4.94. The van der Waals surface area contributed by atoms with Crippen LogP contribution in [0.25, 0.3) is 11.0 Å². The number of nitrogens with zero attached hydrogens (tertiary/aromatic N) is 1. The topological polar surface area (TPSA) is 52.0 Å². The van der Waals surface area contributed by atoms with Gasteiger partial charge in [0.15, 0.2) is 10.7 Å². The third kappa shape index (κ3) is 1.74. The van der Waals surface area contributed by atoms with Gasteiger partial charge in [-0.3, -0.25) is 0 Å². The fourth-order valence-corrected chi connectivity index (χ4v) is 1.64. The molecule has 0 aliphatic heterocycles. The van der Waals surface area contributed by atoms with E-state index in [-0.39, 0.29) is 6.04 Å². The summed E-state index contributed by atoms with van der Waals surface area (Å²) in [5.41, 5.74) is 7.57. The predicted molar refractivity (Wildman–Crippen MR) is 56.4 cm³/mol. The summed E-state index contributed by atoms with van der Waals surface area (Å²) in [6, 6.07) is 5.96. The van der Waals surface area contributed by atoms with Crippen LogP contribution < -0.4 is 5.73 Å². The summed E-state index contributed by atoms with van der Waals surface area (Å²) in [4.78, 5) is 0. The number of benzene rings is 1. The number of rotatable bonds is 2. The highest BCUT2D eigenvalue weighted by Gasteiger charge is 2.07. The second-order valence-electron chi connectivity index (χ2n) is 3.49. The SMILES string of the molecule is CC(N)Cc1ccc2onc(Cl)c2c1. The van der Waals surface area contributed by atoms with Gasteiger partial charge in [0, 0.05) is 6.04 Å². The summed E-state index contributed by atoms with van der Waals surface area (Å²) < 4.78 is 5.00. The van der Waals surface area contributed by atoms with Crippen LogP contribution in [0.5, 0.6) is 0 Å². The van der Waals surface area contributed by atoms with Crippen LogP contribution in [0.15, 0.2) is 22.7 Å². The first-order chi connectivity index (χ1) is 6.66. The van der Waals surface area contributed by atoms with E-state index in [0.717, 1.165) is 17.4 Å². The highest BCUT2D eigenvalue weighted by molar-refractivity contribution is 6.34. The smallest absolute Gasteiger partial charge is 0.180 e. The van der Waals surface area contributed by atoms with E-state index in [4.69, 9.17) is 21.9 Å². The molecule has 2 aromatic rings. The fraction of sp³-hybridized carbons (Fsp3) is 0.300. The van der Waals surface area contributed by atoms with Gasteiger partial charge in [-0.15, -0.1) is 0 Å². The Morgan fingerprint density at radius 3 is 3.07 bits per heavy atom. The van der Waals surface area contributed by atoms with E-state index >= 15 is 0 Å². The maximum atomic E-state index is 5.85. The first-order valence-electron chi connectivity index (χ1n) is 4.46. The zero-order chi connectivity index (χ0) is 10.1. The van der Waals surface area contributed by atoms with E-state index < -0.39 is 0 Å². The summed E-state index contributed by atoms with van der Waals surface area (Å²) in [5.74, 6) is 0. The summed E-state index contributed by atoms with van der Waals surface area (Å²) in [6.45, 7) is 1.97. The molecule has 0 saturated heterocycles. The van der Waals surface area contributed by atoms with Crippen molar-refractivity contribution in [2.45, 2.75) is 19.4 Å². The third-order valence-corrected chi connectivity index (χ3v) is 2.32. The lowest BCUT2D eigenvalue weighted by Gasteiger charge is -2.03. The first-order valence-corrected chi connectivity index (χ1v) is 4.84. The molecule has 0 fully saturated rings. The monoisotopic (exact) mass is 210 g/mol. The zero-order valence-corrected chi connectivity index (χ0v) is 8.58. The molecule has 0 aliphatic rings. The van der Waals surface area contributed by atoms with Crippen molar-refractivity contribution < 1.29 is 4.52 Å². The molecule has 0 saturated carbocycles. The van der Waals surface area contributed by atoms with E-state index in [1.807, 2.05) is 25.1 Å². The minimum absolute atomic E-state index is 0.145. The van der Waals surface area contributed by atoms with Crippen molar-refractivity contribution in [3.05, 3.63) is 28.9 Å². The lowest BCUT2D eigenvalue weighted by molar-refractivity contribution is 0.457. The average Bonchev–Trinajstić information content (AvgIpc) is 2.47. The van der Waals surface area contributed by atoms with Gasteiger partial charge in [-0.1, -0.05) is 22.8 Å². The number of aromatic nitrogens is 1. The largest absolute Gasteiger partial charge is 0.355 e. The van der Waals surface area contributed by atoms with Gasteiger partial charge in [0.25, 0.3) is 0 Å². The number of halogens is 1. The molecule has 2 rings (SSSR count). The van der Waals surface area contributed by atoms with E-state index in [0.29, 0.717) is 10.7 Å². The minimum atomic E-state index is 0.145. The highest BCUT2D eigenvalue weighted by Crippen LogP contribution is 2.23. The van der Waals surface area contributed by atoms with Gasteiger partial charge < -0.3 is 10.3 Å². The van der Waals surface area contributed by atoms with Crippen LogP contribution in [0.4, 0.5) is 0 Å². The second kappa shape index (κ2) is 3.59. The van der Waals surface area contributed by atoms with Gasteiger partial charge in [0.1, 0.15) is 0 Å². The van der Waals surface area contributed by atoms with Crippen LogP contribution in [-0.2, 0) is 6.42 Å². The normalized spacial score (nSPS) is 13.4. The standard InChI is InChI=1S/C10H11ClN2O/c1-6(12)4-7-2-3-9-8(5-7)10(11)13-14-9/h2-3,5-6H,4,12H2,1H3. The summed E-state index contributed by atoms with van der Waals surface area (Å²) >= 11 is 5.85. The molecule has 1 heterocycles. The van der Waals surface area contributed by atoms with E-state index in [2.05, 4.69) is 5.16 Å². The van der Waals surface area contributed by atoms with E-state index in [1.165, 1.54) is 0 Å². The molecule has 0 radical (unpaired) electrons. The molecule has 1 atom stereocenters. The highest BCUT2D eigenvalue weighted by atomic mass is 35.5. The molecule has 0 bridgehead atoms. The van der Waals surface area contributed by atoms with Crippen LogP contribution in [0, 0.1) is 0 Å². The molecule has 3 nitrogen and oxygen atoms in total. The van der Waals surface area contributed by atoms with Crippen molar-refractivity contribution in [1.82, 2.24) is 5.16 Å². The maximum absolute atomic E-state index is 5.85. The Kier molecular flexibility index (Phi) is 2.44. The molecule has 0 aliphatic carbocycles. The Balaban J connectivity index is 2.44. The van der Waals surface area contributed by atoms with Crippen LogP contribution in [0.2, 0.25) is 5.15 Å². The van der Waals surface area contributed by atoms with Gasteiger partial charge in [-0.05, 0) is 31.0 Å². The quantitative estimate of drug-likeness (QED) is 0.828. The van der Waals surface area contributed by atoms with Crippen molar-refractivity contribution in [1.29, 1.82) is 0 Å². The second-order valence-corrected chi connectivity index (χ2v) is 3.84. The molecule has 1 aromatic heterocycles. The van der Waals surface area contributed by atoms with Crippen LogP contribution in [0.1, 0.15) is 12.5 Å². The van der Waals surface area contributed by atoms with Crippen LogP contribution in [-0.4, -0.2) is 11.2 Å². The molecule has 2 N–H and O–H groups in total. The van der Waals surface area contributed by atoms with E-state index in [9.17, 15) is 0 Å². The van der Waals surface area contributed by atoms with Gasteiger partial charge in [-0.2, -0.15) is 0 Å². The van der Waals surface area contributed by atoms with Crippen molar-refractivity contribution in [2.75, 3.05) is 0 Å². The predicted octanol–water partition coefficient (Wildman–Crippen LogP) is 2.37. The van der Waals surface area contributed by atoms with Crippen molar-refractivity contribution in [3.63, 3.8) is 0 Å². The Morgan fingerprint density at radius 2 is 2.36 bits per heavy atom. The molecule has 1 aromatic carbocycles. The summed E-state index contributed by atoms with van der Waals surface area (Å²) in [7, 11) is 0. The molecule has 0 amide bonds. The number of nitrogens with two attached hydrogens (primary N) is 1. The Labute approximate surface area is 86.8 Å². The van der Waals surface area contributed by atoms with Gasteiger partial charge >= 0.3 is 0 Å². The average molecular weight is 211 g/mol. The van der Waals surface area contributed by atoms with Crippen LogP contribution in [0.3, 0.4) is 0 Å². The molecular formula is C10H11ClN2O. The van der Waals surface area contributed by atoms with Gasteiger partial charge in [0.05, 0.1) is 5.39 Å². The fourth-order valence-electron chi connectivity index (χ4n) is 1.46. The zero-order valence-electron chi connectivity index (χ0n) is 7.83. The number of fused-ring (bicyclic) bond motifs is 1. The molecule has 1 unspecified atom stereocenters. The van der Waals surface area contributed by atoms with Crippen LogP contribution >= 0.6 is 11.6 Å². The maximum Gasteiger partial charge on any atom is 0.180 e. The first kappa shape index (κ1) is 9.49. The Hall–Kier alpha value is -1.06. The Morgan fingerprint density at radius 1 is 1.57 bits per heavy atom. The van der Waals surface area contributed by atoms with Crippen molar-refractivity contribution in [2.24, 2.45) is 5.73 Å². The summed E-state index contributed by atoms with van der Waals surface area (Å²) in [6.07, 6.45) is 0.831. The van der Waals surface area contributed by atoms with E-state index in [1.54, 1.807) is 0 Å².